The van der Waals surface area contributed by atoms with Gasteiger partial charge in [-0.1, -0.05) is 0 Å². The van der Waals surface area contributed by atoms with E-state index in [9.17, 15) is 27.2 Å². The summed E-state index contributed by atoms with van der Waals surface area (Å²) < 4.78 is 51.4. The molecule has 128 valence electrons. The molecule has 0 aliphatic rings. The van der Waals surface area contributed by atoms with E-state index in [0.29, 0.717) is 0 Å². The lowest BCUT2D eigenvalue weighted by Crippen LogP contribution is -2.46. The average molecular weight is 336 g/mol. The van der Waals surface area contributed by atoms with Gasteiger partial charge < -0.3 is 15.7 Å². The molecule has 0 spiro atoms. The lowest BCUT2D eigenvalue weighted by atomic mass is 9.99. The number of hydrogen-bond acceptors (Lipinski definition) is 2. The second-order valence-corrected chi connectivity index (χ2v) is 5.54. The van der Waals surface area contributed by atoms with E-state index >= 15 is 0 Å². The highest BCUT2D eigenvalue weighted by Crippen LogP contribution is 2.35. The molecule has 0 heterocycles. The number of halogens is 4. The highest BCUT2D eigenvalue weighted by Gasteiger charge is 2.34. The van der Waals surface area contributed by atoms with Crippen LogP contribution in [0.15, 0.2) is 18.2 Å². The SMILES string of the molecule is CC(C)(CCC(=O)O)NC(=O)Nc1ccc(F)cc1C(F)(F)F. The molecule has 0 saturated heterocycles. The number of hydrogen-bond donors (Lipinski definition) is 3. The van der Waals surface area contributed by atoms with Crippen molar-refractivity contribution >= 4 is 17.7 Å². The fourth-order valence-electron chi connectivity index (χ4n) is 1.80. The Labute approximate surface area is 129 Å². The Balaban J connectivity index is 2.84. The Bertz CT molecular complexity index is 600. The van der Waals surface area contributed by atoms with Crippen LogP contribution >= 0.6 is 0 Å². The van der Waals surface area contributed by atoms with Gasteiger partial charge in [0, 0.05) is 12.0 Å². The summed E-state index contributed by atoms with van der Waals surface area (Å²) >= 11 is 0. The molecule has 3 N–H and O–H groups in total. The molecule has 0 radical (unpaired) electrons. The van der Waals surface area contributed by atoms with Crippen LogP contribution in [0.2, 0.25) is 0 Å². The van der Waals surface area contributed by atoms with Gasteiger partial charge in [0.1, 0.15) is 5.82 Å². The van der Waals surface area contributed by atoms with Gasteiger partial charge in [0.15, 0.2) is 0 Å². The lowest BCUT2D eigenvalue weighted by molar-refractivity contribution is -0.138. The molecule has 1 aromatic rings. The number of carbonyl (C=O) groups excluding carboxylic acids is 1. The number of carbonyl (C=O) groups is 2. The number of amides is 2. The van der Waals surface area contributed by atoms with E-state index in [1.54, 1.807) is 0 Å². The zero-order valence-corrected chi connectivity index (χ0v) is 12.4. The summed E-state index contributed by atoms with van der Waals surface area (Å²) in [6, 6.07) is 0.936. The number of rotatable bonds is 5. The van der Waals surface area contributed by atoms with Crippen molar-refractivity contribution in [2.24, 2.45) is 0 Å². The van der Waals surface area contributed by atoms with Gasteiger partial charge in [-0.05, 0) is 38.5 Å². The third-order valence-corrected chi connectivity index (χ3v) is 2.95. The number of carboxylic acids is 1. The van der Waals surface area contributed by atoms with E-state index in [0.717, 1.165) is 12.1 Å². The van der Waals surface area contributed by atoms with E-state index in [-0.39, 0.29) is 18.9 Å². The van der Waals surface area contributed by atoms with Crippen LogP contribution in [0.5, 0.6) is 0 Å². The summed E-state index contributed by atoms with van der Waals surface area (Å²) in [6.45, 7) is 3.07. The van der Waals surface area contributed by atoms with Crippen molar-refractivity contribution in [3.8, 4) is 0 Å². The summed E-state index contributed by atoms with van der Waals surface area (Å²) in [4.78, 5) is 22.3. The molecule has 0 aliphatic carbocycles. The molecule has 0 unspecified atom stereocenters. The molecule has 1 aromatic carbocycles. The quantitative estimate of drug-likeness (QED) is 0.719. The molecule has 0 atom stereocenters. The maximum Gasteiger partial charge on any atom is 0.418 e. The predicted molar refractivity (Wildman–Crippen MR) is 74.5 cm³/mol. The summed E-state index contributed by atoms with van der Waals surface area (Å²) in [6.07, 6.45) is -4.95. The first kappa shape index (κ1) is 18.7. The van der Waals surface area contributed by atoms with Gasteiger partial charge in [-0.25, -0.2) is 9.18 Å². The van der Waals surface area contributed by atoms with Crippen molar-refractivity contribution < 1.29 is 32.3 Å². The van der Waals surface area contributed by atoms with E-state index in [2.05, 4.69) is 5.32 Å². The maximum absolute atomic E-state index is 13.0. The molecular weight excluding hydrogens is 320 g/mol. The Morgan fingerprint density at radius 2 is 1.83 bits per heavy atom. The van der Waals surface area contributed by atoms with Crippen LogP contribution in [-0.2, 0) is 11.0 Å². The van der Waals surface area contributed by atoms with Crippen LogP contribution < -0.4 is 10.6 Å². The first-order valence-electron chi connectivity index (χ1n) is 6.58. The van der Waals surface area contributed by atoms with Gasteiger partial charge in [-0.3, -0.25) is 4.79 Å². The van der Waals surface area contributed by atoms with Gasteiger partial charge >= 0.3 is 18.2 Å². The van der Waals surface area contributed by atoms with Crippen molar-refractivity contribution in [3.05, 3.63) is 29.6 Å². The van der Waals surface area contributed by atoms with Gasteiger partial charge in [-0.2, -0.15) is 13.2 Å². The largest absolute Gasteiger partial charge is 0.481 e. The highest BCUT2D eigenvalue weighted by molar-refractivity contribution is 5.90. The molecule has 5 nitrogen and oxygen atoms in total. The number of anilines is 1. The first-order valence-corrected chi connectivity index (χ1v) is 6.58. The van der Waals surface area contributed by atoms with E-state index in [1.807, 2.05) is 5.32 Å². The van der Waals surface area contributed by atoms with Gasteiger partial charge in [0.25, 0.3) is 0 Å². The minimum atomic E-state index is -4.83. The van der Waals surface area contributed by atoms with Crippen LogP contribution in [-0.4, -0.2) is 22.6 Å². The Morgan fingerprint density at radius 3 is 2.35 bits per heavy atom. The van der Waals surface area contributed by atoms with Crippen LogP contribution in [0, 0.1) is 5.82 Å². The van der Waals surface area contributed by atoms with Crippen molar-refractivity contribution in [3.63, 3.8) is 0 Å². The van der Waals surface area contributed by atoms with E-state index < -0.39 is 40.8 Å². The van der Waals surface area contributed by atoms with Gasteiger partial charge in [0.05, 0.1) is 11.3 Å². The summed E-state index contributed by atoms with van der Waals surface area (Å²) in [5, 5.41) is 13.0. The maximum atomic E-state index is 13.0. The van der Waals surface area contributed by atoms with Gasteiger partial charge in [0.2, 0.25) is 0 Å². The number of nitrogens with one attached hydrogen (secondary N) is 2. The Morgan fingerprint density at radius 1 is 1.22 bits per heavy atom. The lowest BCUT2D eigenvalue weighted by Gasteiger charge is -2.26. The summed E-state index contributed by atoms with van der Waals surface area (Å²) in [5.41, 5.74) is -2.85. The molecule has 0 saturated carbocycles. The third-order valence-electron chi connectivity index (χ3n) is 2.95. The van der Waals surface area contributed by atoms with Crippen LogP contribution in [0.3, 0.4) is 0 Å². The highest BCUT2D eigenvalue weighted by atomic mass is 19.4. The summed E-state index contributed by atoms with van der Waals surface area (Å²) in [7, 11) is 0. The molecule has 0 fully saturated rings. The van der Waals surface area contributed by atoms with Crippen LogP contribution in [0.25, 0.3) is 0 Å². The average Bonchev–Trinajstić information content (AvgIpc) is 2.37. The van der Waals surface area contributed by atoms with Crippen LogP contribution in [0.4, 0.5) is 28.0 Å². The first-order chi connectivity index (χ1) is 10.4. The Kier molecular flexibility index (Phi) is 5.57. The second-order valence-electron chi connectivity index (χ2n) is 5.54. The fourth-order valence-corrected chi connectivity index (χ4v) is 1.80. The molecule has 1 rings (SSSR count). The number of urea groups is 1. The smallest absolute Gasteiger partial charge is 0.418 e. The molecular formula is C14H16F4N2O3. The van der Waals surface area contributed by atoms with Crippen molar-refractivity contribution in [2.75, 3.05) is 5.32 Å². The van der Waals surface area contributed by atoms with Crippen molar-refractivity contribution in [1.82, 2.24) is 5.32 Å². The number of benzene rings is 1. The van der Waals surface area contributed by atoms with E-state index in [4.69, 9.17) is 5.11 Å². The minimum Gasteiger partial charge on any atom is -0.481 e. The third kappa shape index (κ3) is 6.13. The molecule has 0 aliphatic heterocycles. The van der Waals surface area contributed by atoms with Crippen LogP contribution in [0.1, 0.15) is 32.3 Å². The standard InChI is InChI=1S/C14H16F4N2O3/c1-13(2,6-5-11(21)22)20-12(23)19-10-4-3-8(15)7-9(10)14(16,17)18/h3-4,7H,5-6H2,1-2H3,(H,21,22)(H2,19,20,23). The number of aliphatic carboxylic acids is 1. The summed E-state index contributed by atoms with van der Waals surface area (Å²) in [5.74, 6) is -2.14. The zero-order valence-electron chi connectivity index (χ0n) is 12.4. The molecule has 0 bridgehead atoms. The topological polar surface area (TPSA) is 78.4 Å². The second kappa shape index (κ2) is 6.84. The zero-order chi connectivity index (χ0) is 17.8. The monoisotopic (exact) mass is 336 g/mol. The van der Waals surface area contributed by atoms with Crippen molar-refractivity contribution in [1.29, 1.82) is 0 Å². The molecule has 23 heavy (non-hydrogen) atoms. The normalized spacial score (nSPS) is 11.9. The number of carboxylic acid groups (broad SMARTS) is 1. The minimum absolute atomic E-state index is 0.0886. The Hall–Kier alpha value is -2.32. The van der Waals surface area contributed by atoms with Gasteiger partial charge in [-0.15, -0.1) is 0 Å². The molecule has 2 amide bonds. The molecule has 9 heteroatoms. The fraction of sp³-hybridized carbons (Fsp3) is 0.429. The van der Waals surface area contributed by atoms with E-state index in [1.165, 1.54) is 13.8 Å². The molecule has 0 aromatic heterocycles. The van der Waals surface area contributed by atoms with Crippen molar-refractivity contribution in [2.45, 2.75) is 38.4 Å². The number of alkyl halides is 3. The predicted octanol–water partition coefficient (Wildman–Crippen LogP) is 3.61.